The Morgan fingerprint density at radius 3 is 2.83 bits per heavy atom. The number of aryl methyl sites for hydroxylation is 3. The third kappa shape index (κ3) is 3.32. The van der Waals surface area contributed by atoms with Crippen molar-refractivity contribution < 1.29 is 0 Å². The van der Waals surface area contributed by atoms with Crippen molar-refractivity contribution >= 4 is 21.7 Å². The molecule has 0 aliphatic carbocycles. The third-order valence-corrected chi connectivity index (χ3v) is 3.43. The molecular formula is C13H17BrN4. The van der Waals surface area contributed by atoms with E-state index in [1.54, 1.807) is 0 Å². The van der Waals surface area contributed by atoms with Crippen molar-refractivity contribution in [2.24, 2.45) is 0 Å². The van der Waals surface area contributed by atoms with Gasteiger partial charge in [0.15, 0.2) is 0 Å². The quantitative estimate of drug-likeness (QED) is 0.834. The van der Waals surface area contributed by atoms with Crippen LogP contribution in [0.5, 0.6) is 0 Å². The van der Waals surface area contributed by atoms with E-state index in [0.29, 0.717) is 0 Å². The molecule has 0 fully saturated rings. The van der Waals surface area contributed by atoms with E-state index in [1.807, 2.05) is 26.2 Å². The van der Waals surface area contributed by atoms with Crippen LogP contribution in [0.15, 0.2) is 22.9 Å². The normalized spacial score (nSPS) is 10.6. The molecule has 18 heavy (non-hydrogen) atoms. The van der Waals surface area contributed by atoms with E-state index < -0.39 is 0 Å². The molecule has 0 radical (unpaired) electrons. The molecule has 96 valence electrons. The minimum absolute atomic E-state index is 0.902. The van der Waals surface area contributed by atoms with Crippen LogP contribution in [0.1, 0.15) is 23.2 Å². The van der Waals surface area contributed by atoms with Gasteiger partial charge in [0.05, 0.1) is 10.7 Å². The molecule has 4 nitrogen and oxygen atoms in total. The maximum atomic E-state index is 4.35. The maximum Gasteiger partial charge on any atom is 0.140 e. The summed E-state index contributed by atoms with van der Waals surface area (Å²) in [5.74, 6) is 0.907. The Labute approximate surface area is 115 Å². The Morgan fingerprint density at radius 2 is 2.17 bits per heavy atom. The number of pyridine rings is 1. The number of aromatic amines is 1. The number of halogens is 1. The summed E-state index contributed by atoms with van der Waals surface area (Å²) in [6.45, 7) is 4.98. The molecule has 5 heteroatoms. The number of aromatic nitrogens is 3. The zero-order valence-electron chi connectivity index (χ0n) is 10.6. The lowest BCUT2D eigenvalue weighted by Crippen LogP contribution is -2.05. The van der Waals surface area contributed by atoms with Gasteiger partial charge in [-0.05, 0) is 59.8 Å². The number of nitrogens with zero attached hydrogens (tertiary/aromatic N) is 2. The van der Waals surface area contributed by atoms with Crippen LogP contribution < -0.4 is 5.32 Å². The Kier molecular flexibility index (Phi) is 4.36. The molecule has 0 saturated heterocycles. The van der Waals surface area contributed by atoms with Gasteiger partial charge >= 0.3 is 0 Å². The number of hydrogen-bond donors (Lipinski definition) is 2. The Morgan fingerprint density at radius 1 is 1.33 bits per heavy atom. The smallest absolute Gasteiger partial charge is 0.140 e. The van der Waals surface area contributed by atoms with E-state index in [0.717, 1.165) is 40.9 Å². The summed E-state index contributed by atoms with van der Waals surface area (Å²) in [6, 6.07) is 2.07. The van der Waals surface area contributed by atoms with Crippen molar-refractivity contribution in [2.45, 2.75) is 26.7 Å². The van der Waals surface area contributed by atoms with Crippen LogP contribution in [0.4, 0.5) is 5.82 Å². The number of rotatable bonds is 5. The summed E-state index contributed by atoms with van der Waals surface area (Å²) in [5, 5.41) is 10.3. The molecule has 0 amide bonds. The first-order valence-corrected chi connectivity index (χ1v) is 6.81. The van der Waals surface area contributed by atoms with E-state index in [1.165, 1.54) is 5.56 Å². The Balaban J connectivity index is 1.80. The molecule has 0 aromatic carbocycles. The van der Waals surface area contributed by atoms with Crippen molar-refractivity contribution in [1.29, 1.82) is 0 Å². The van der Waals surface area contributed by atoms with Crippen molar-refractivity contribution in [2.75, 3.05) is 11.9 Å². The molecule has 2 rings (SSSR count). The van der Waals surface area contributed by atoms with Crippen LogP contribution in [0.3, 0.4) is 0 Å². The Hall–Kier alpha value is -1.36. The predicted molar refractivity (Wildman–Crippen MR) is 76.8 cm³/mol. The zero-order chi connectivity index (χ0) is 13.0. The van der Waals surface area contributed by atoms with E-state index in [2.05, 4.69) is 42.5 Å². The van der Waals surface area contributed by atoms with Crippen LogP contribution in [-0.2, 0) is 6.42 Å². The molecule has 2 heterocycles. The van der Waals surface area contributed by atoms with Gasteiger partial charge in [0, 0.05) is 18.4 Å². The number of anilines is 1. The molecule has 0 unspecified atom stereocenters. The molecule has 2 aromatic heterocycles. The first-order valence-electron chi connectivity index (χ1n) is 6.01. The van der Waals surface area contributed by atoms with Crippen LogP contribution in [0.2, 0.25) is 0 Å². The average molecular weight is 309 g/mol. The third-order valence-electron chi connectivity index (χ3n) is 2.83. The van der Waals surface area contributed by atoms with Crippen molar-refractivity contribution in [3.63, 3.8) is 0 Å². The average Bonchev–Trinajstić information content (AvgIpc) is 2.73. The van der Waals surface area contributed by atoms with E-state index >= 15 is 0 Å². The number of H-pyrrole nitrogens is 1. The number of nitrogens with one attached hydrogen (secondary N) is 2. The van der Waals surface area contributed by atoms with Crippen LogP contribution in [-0.4, -0.2) is 21.7 Å². The lowest BCUT2D eigenvalue weighted by atomic mass is 10.1. The standard InChI is InChI=1S/C13H17BrN4/c1-9-6-12(14)13(16-7-9)15-5-3-4-11-8-17-18-10(11)2/h6-8H,3-5H2,1-2H3,(H,15,16)(H,17,18). The van der Waals surface area contributed by atoms with Gasteiger partial charge in [-0.2, -0.15) is 5.10 Å². The summed E-state index contributed by atoms with van der Waals surface area (Å²) in [7, 11) is 0. The van der Waals surface area contributed by atoms with Gasteiger partial charge in [0.1, 0.15) is 5.82 Å². The van der Waals surface area contributed by atoms with Gasteiger partial charge in [-0.15, -0.1) is 0 Å². The minimum Gasteiger partial charge on any atom is -0.369 e. The fourth-order valence-electron chi connectivity index (χ4n) is 1.78. The van der Waals surface area contributed by atoms with Gasteiger partial charge in [-0.3, -0.25) is 5.10 Å². The molecule has 0 saturated carbocycles. The second kappa shape index (κ2) is 6.00. The lowest BCUT2D eigenvalue weighted by molar-refractivity contribution is 0.852. The molecule has 0 aliphatic heterocycles. The van der Waals surface area contributed by atoms with Crippen LogP contribution in [0, 0.1) is 13.8 Å². The summed E-state index contributed by atoms with van der Waals surface area (Å²) in [4.78, 5) is 4.35. The summed E-state index contributed by atoms with van der Waals surface area (Å²) < 4.78 is 1.02. The molecular weight excluding hydrogens is 292 g/mol. The maximum absolute atomic E-state index is 4.35. The highest BCUT2D eigenvalue weighted by atomic mass is 79.9. The van der Waals surface area contributed by atoms with Crippen molar-refractivity contribution in [3.05, 3.63) is 39.8 Å². The highest BCUT2D eigenvalue weighted by Crippen LogP contribution is 2.20. The fraction of sp³-hybridized carbons (Fsp3) is 0.385. The first-order chi connectivity index (χ1) is 8.66. The molecule has 2 aromatic rings. The molecule has 0 atom stereocenters. The molecule has 0 aliphatic rings. The van der Waals surface area contributed by atoms with E-state index in [-0.39, 0.29) is 0 Å². The molecule has 2 N–H and O–H groups in total. The minimum atomic E-state index is 0.902. The van der Waals surface area contributed by atoms with Gasteiger partial charge < -0.3 is 5.32 Å². The topological polar surface area (TPSA) is 53.6 Å². The van der Waals surface area contributed by atoms with Crippen molar-refractivity contribution in [1.82, 2.24) is 15.2 Å². The SMILES string of the molecule is Cc1cnc(NCCCc2cn[nH]c2C)c(Br)c1. The van der Waals surface area contributed by atoms with Gasteiger partial charge in [-0.25, -0.2) is 4.98 Å². The largest absolute Gasteiger partial charge is 0.369 e. The monoisotopic (exact) mass is 308 g/mol. The summed E-state index contributed by atoms with van der Waals surface area (Å²) >= 11 is 3.51. The van der Waals surface area contributed by atoms with Gasteiger partial charge in [0.25, 0.3) is 0 Å². The van der Waals surface area contributed by atoms with Crippen LogP contribution in [0.25, 0.3) is 0 Å². The number of hydrogen-bond acceptors (Lipinski definition) is 3. The summed E-state index contributed by atoms with van der Waals surface area (Å²) in [6.07, 6.45) is 5.85. The second-order valence-electron chi connectivity index (χ2n) is 4.39. The van der Waals surface area contributed by atoms with Gasteiger partial charge in [0.2, 0.25) is 0 Å². The zero-order valence-corrected chi connectivity index (χ0v) is 12.2. The first kappa shape index (κ1) is 13.1. The molecule has 0 bridgehead atoms. The Bertz CT molecular complexity index is 521. The van der Waals surface area contributed by atoms with Gasteiger partial charge in [-0.1, -0.05) is 0 Å². The summed E-state index contributed by atoms with van der Waals surface area (Å²) in [5.41, 5.74) is 3.60. The lowest BCUT2D eigenvalue weighted by Gasteiger charge is -2.07. The fourth-order valence-corrected chi connectivity index (χ4v) is 2.38. The highest BCUT2D eigenvalue weighted by Gasteiger charge is 2.02. The molecule has 0 spiro atoms. The van der Waals surface area contributed by atoms with E-state index in [4.69, 9.17) is 0 Å². The van der Waals surface area contributed by atoms with Crippen LogP contribution >= 0.6 is 15.9 Å². The predicted octanol–water partition coefficient (Wildman–Crippen LogP) is 3.23. The highest BCUT2D eigenvalue weighted by molar-refractivity contribution is 9.10. The van der Waals surface area contributed by atoms with E-state index in [9.17, 15) is 0 Å². The van der Waals surface area contributed by atoms with Crippen molar-refractivity contribution in [3.8, 4) is 0 Å². The second-order valence-corrected chi connectivity index (χ2v) is 5.25.